The lowest BCUT2D eigenvalue weighted by Crippen LogP contribution is -2.98. The molecule has 2 amide bonds. The van der Waals surface area contributed by atoms with Crippen molar-refractivity contribution >= 4 is 17.8 Å². The highest BCUT2D eigenvalue weighted by Gasteiger charge is 2.72. The topological polar surface area (TPSA) is 101 Å². The third kappa shape index (κ3) is 3.20. The Morgan fingerprint density at radius 3 is 2.42 bits per heavy atom. The molecule has 0 aromatic heterocycles. The largest absolute Gasteiger partial charge is 0.508 e. The van der Waals surface area contributed by atoms with Gasteiger partial charge in [-0.05, 0) is 37.1 Å². The molecule has 2 aliphatic rings. The van der Waals surface area contributed by atoms with Crippen LogP contribution in [0.4, 0.5) is 0 Å². The summed E-state index contributed by atoms with van der Waals surface area (Å²) < 4.78 is 5.21. The van der Waals surface area contributed by atoms with Crippen LogP contribution in [-0.2, 0) is 25.5 Å². The Morgan fingerprint density at radius 2 is 1.81 bits per heavy atom. The lowest BCUT2D eigenvalue weighted by atomic mass is 9.76. The first kappa shape index (κ1) is 21.1. The van der Waals surface area contributed by atoms with E-state index in [2.05, 4.69) is 0 Å². The van der Waals surface area contributed by atoms with Gasteiger partial charge in [-0.15, -0.1) is 0 Å². The first-order valence-electron chi connectivity index (χ1n) is 10.5. The number of benzene rings is 2. The van der Waals surface area contributed by atoms with Crippen LogP contribution in [-0.4, -0.2) is 47.0 Å². The molecule has 4 atom stereocenters. The van der Waals surface area contributed by atoms with Gasteiger partial charge in [0.2, 0.25) is 17.4 Å². The number of ether oxygens (including phenoxy) is 1. The van der Waals surface area contributed by atoms with Gasteiger partial charge in [0.1, 0.15) is 23.6 Å². The number of hydrogen-bond donors (Lipinski definition) is 2. The maximum atomic E-state index is 13.4. The van der Waals surface area contributed by atoms with Crippen LogP contribution in [0.25, 0.3) is 0 Å². The number of carbonyl (C=O) groups excluding carboxylic acids is 3. The molecule has 2 heterocycles. The molecule has 4 rings (SSSR count). The molecule has 7 heteroatoms. The fraction of sp³-hybridized carbons (Fsp3) is 0.375. The van der Waals surface area contributed by atoms with Gasteiger partial charge in [-0.1, -0.05) is 36.4 Å². The molecule has 0 spiro atoms. The van der Waals surface area contributed by atoms with E-state index in [4.69, 9.17) is 4.74 Å². The number of phenolic OH excluding ortho intramolecular Hbond substituents is 1. The minimum Gasteiger partial charge on any atom is -0.508 e. The SMILES string of the molecule is CCN1C(=O)[C@H]2[C@@H](c3ccccc3C)[NH2+][C@@](Cc3ccc(O)cc3)(C(=O)OC)[C@@H]2C1=O. The van der Waals surface area contributed by atoms with Crippen molar-refractivity contribution in [3.05, 3.63) is 65.2 Å². The van der Waals surface area contributed by atoms with Crippen LogP contribution < -0.4 is 5.32 Å². The predicted molar refractivity (Wildman–Crippen MR) is 112 cm³/mol. The Kier molecular flexibility index (Phi) is 5.31. The van der Waals surface area contributed by atoms with Gasteiger partial charge in [-0.25, -0.2) is 4.79 Å². The molecule has 0 aliphatic carbocycles. The standard InChI is InChI=1S/C24H26N2O5/c1-4-26-21(28)18-19(22(26)29)24(23(30)31-3,13-15-9-11-16(27)12-10-15)25-20(18)17-8-6-5-7-14(17)2/h5-12,18-20,25,27H,4,13H2,1-3H3/p+1/t18-,19+,20-,24-/m1/s1. The Bertz CT molecular complexity index is 1030. The molecule has 2 aliphatic heterocycles. The number of methoxy groups -OCH3 is 1. The van der Waals surface area contributed by atoms with Gasteiger partial charge in [-0.2, -0.15) is 0 Å². The third-order valence-electron chi connectivity index (χ3n) is 6.72. The van der Waals surface area contributed by atoms with Gasteiger partial charge in [0.15, 0.2) is 0 Å². The van der Waals surface area contributed by atoms with Gasteiger partial charge >= 0.3 is 5.97 Å². The van der Waals surface area contributed by atoms with Crippen molar-refractivity contribution in [2.45, 2.75) is 31.8 Å². The zero-order chi connectivity index (χ0) is 22.3. The van der Waals surface area contributed by atoms with Gasteiger partial charge in [0.05, 0.1) is 7.11 Å². The van der Waals surface area contributed by atoms with Crippen molar-refractivity contribution in [2.75, 3.05) is 13.7 Å². The van der Waals surface area contributed by atoms with Crippen molar-refractivity contribution in [2.24, 2.45) is 11.8 Å². The lowest BCUT2D eigenvalue weighted by molar-refractivity contribution is -0.734. The van der Waals surface area contributed by atoms with E-state index >= 15 is 0 Å². The summed E-state index contributed by atoms with van der Waals surface area (Å²) >= 11 is 0. The summed E-state index contributed by atoms with van der Waals surface area (Å²) in [6.45, 7) is 4.00. The number of nitrogens with two attached hydrogens (primary N) is 1. The Balaban J connectivity index is 1.88. The fourth-order valence-electron chi connectivity index (χ4n) is 5.32. The number of rotatable bonds is 5. The molecular formula is C24H27N2O5+. The quantitative estimate of drug-likeness (QED) is 0.554. The van der Waals surface area contributed by atoms with E-state index in [1.807, 2.05) is 36.5 Å². The molecule has 2 aromatic rings. The summed E-state index contributed by atoms with van der Waals surface area (Å²) in [7, 11) is 1.31. The summed E-state index contributed by atoms with van der Waals surface area (Å²) in [6, 6.07) is 13.9. The molecular weight excluding hydrogens is 396 g/mol. The summed E-state index contributed by atoms with van der Waals surface area (Å²) in [5.41, 5.74) is 1.44. The second-order valence-corrected chi connectivity index (χ2v) is 8.35. The smallest absolute Gasteiger partial charge is 0.369 e. The van der Waals surface area contributed by atoms with E-state index < -0.39 is 23.3 Å². The number of amides is 2. The van der Waals surface area contributed by atoms with Crippen molar-refractivity contribution in [1.29, 1.82) is 0 Å². The van der Waals surface area contributed by atoms with Crippen molar-refractivity contribution in [3.63, 3.8) is 0 Å². The molecule has 31 heavy (non-hydrogen) atoms. The molecule has 3 N–H and O–H groups in total. The van der Waals surface area contributed by atoms with Crippen molar-refractivity contribution in [3.8, 4) is 5.75 Å². The van der Waals surface area contributed by atoms with E-state index in [-0.39, 0.29) is 36.6 Å². The molecule has 0 radical (unpaired) electrons. The third-order valence-corrected chi connectivity index (χ3v) is 6.72. The van der Waals surface area contributed by atoms with Crippen molar-refractivity contribution in [1.82, 2.24) is 4.90 Å². The van der Waals surface area contributed by atoms with Crippen LogP contribution in [0.3, 0.4) is 0 Å². The number of quaternary nitrogens is 1. The van der Waals surface area contributed by atoms with E-state index in [9.17, 15) is 19.5 Å². The second kappa shape index (κ2) is 7.81. The Labute approximate surface area is 181 Å². The molecule has 162 valence electrons. The molecule has 0 saturated carbocycles. The van der Waals surface area contributed by atoms with Crippen LogP contribution in [0.2, 0.25) is 0 Å². The summed E-state index contributed by atoms with van der Waals surface area (Å²) in [4.78, 5) is 41.3. The summed E-state index contributed by atoms with van der Waals surface area (Å²) in [5, 5.41) is 11.5. The van der Waals surface area contributed by atoms with Crippen LogP contribution in [0.1, 0.15) is 29.7 Å². The molecule has 0 bridgehead atoms. The summed E-state index contributed by atoms with van der Waals surface area (Å²) in [6.07, 6.45) is 0.208. The van der Waals surface area contributed by atoms with Crippen LogP contribution in [0, 0.1) is 18.8 Å². The first-order valence-corrected chi connectivity index (χ1v) is 10.5. The van der Waals surface area contributed by atoms with Gasteiger partial charge in [0, 0.05) is 18.5 Å². The highest BCUT2D eigenvalue weighted by Crippen LogP contribution is 2.46. The number of imide groups is 1. The average Bonchev–Trinajstić information content (AvgIpc) is 3.23. The van der Waals surface area contributed by atoms with E-state index in [0.717, 1.165) is 16.7 Å². The van der Waals surface area contributed by atoms with Crippen LogP contribution >= 0.6 is 0 Å². The van der Waals surface area contributed by atoms with E-state index in [0.29, 0.717) is 0 Å². The van der Waals surface area contributed by atoms with Gasteiger partial charge in [-0.3, -0.25) is 14.5 Å². The van der Waals surface area contributed by atoms with Gasteiger partial charge in [0.25, 0.3) is 0 Å². The summed E-state index contributed by atoms with van der Waals surface area (Å²) in [5.74, 6) is -2.44. The fourth-order valence-corrected chi connectivity index (χ4v) is 5.32. The number of carbonyl (C=O) groups is 3. The monoisotopic (exact) mass is 423 g/mol. The minimum absolute atomic E-state index is 0.117. The van der Waals surface area contributed by atoms with Crippen LogP contribution in [0.5, 0.6) is 5.75 Å². The second-order valence-electron chi connectivity index (χ2n) is 8.35. The molecule has 0 unspecified atom stereocenters. The maximum absolute atomic E-state index is 13.4. The van der Waals surface area contributed by atoms with Gasteiger partial charge < -0.3 is 15.2 Å². The Morgan fingerprint density at radius 1 is 1.13 bits per heavy atom. The number of nitrogens with zero attached hydrogens (tertiary/aromatic N) is 1. The number of fused-ring (bicyclic) bond motifs is 1. The molecule has 2 saturated heterocycles. The van der Waals surface area contributed by atoms with E-state index in [1.54, 1.807) is 31.2 Å². The molecule has 2 fully saturated rings. The molecule has 7 nitrogen and oxygen atoms in total. The van der Waals surface area contributed by atoms with Crippen LogP contribution in [0.15, 0.2) is 48.5 Å². The average molecular weight is 423 g/mol. The lowest BCUT2D eigenvalue weighted by Gasteiger charge is -2.29. The highest BCUT2D eigenvalue weighted by atomic mass is 16.5. The number of esters is 1. The number of hydrogen-bond acceptors (Lipinski definition) is 5. The Hall–Kier alpha value is -3.19. The first-order chi connectivity index (χ1) is 14.8. The predicted octanol–water partition coefficient (Wildman–Crippen LogP) is 1.09. The highest BCUT2D eigenvalue weighted by molar-refractivity contribution is 6.08. The zero-order valence-corrected chi connectivity index (χ0v) is 17.9. The number of aromatic hydroxyl groups is 1. The minimum atomic E-state index is -1.28. The zero-order valence-electron chi connectivity index (χ0n) is 17.9. The van der Waals surface area contributed by atoms with E-state index in [1.165, 1.54) is 12.0 Å². The maximum Gasteiger partial charge on any atom is 0.369 e. The number of phenols is 1. The van der Waals surface area contributed by atoms with Crippen molar-refractivity contribution < 1.29 is 29.5 Å². The molecule has 2 aromatic carbocycles. The number of aryl methyl sites for hydroxylation is 1. The normalized spacial score (nSPS) is 27.5. The number of likely N-dealkylation sites (tertiary alicyclic amines) is 1.